The summed E-state index contributed by atoms with van der Waals surface area (Å²) in [4.78, 5) is 0. The van der Waals surface area contributed by atoms with E-state index in [1.54, 1.807) is 0 Å². The van der Waals surface area contributed by atoms with Crippen LogP contribution in [-0.4, -0.2) is 0 Å². The molecule has 0 unspecified atom stereocenters. The highest BCUT2D eigenvalue weighted by Gasteiger charge is 2.05. The van der Waals surface area contributed by atoms with Crippen LogP contribution in [0.4, 0.5) is 0 Å². The van der Waals surface area contributed by atoms with Crippen molar-refractivity contribution >= 4 is 0 Å². The van der Waals surface area contributed by atoms with Gasteiger partial charge in [-0.3, -0.25) is 0 Å². The number of hydrogen-bond acceptors (Lipinski definition) is 1. The standard InChI is InChI=1S/C17H20O/c1-14(2)16-10-6-7-11-17(12-16)18-13-15-8-4-3-5-9-15/h3-5,7-12,14H,6,13H2,1-2H3. The first kappa shape index (κ1) is 12.7. The Morgan fingerprint density at radius 2 is 1.94 bits per heavy atom. The third kappa shape index (κ3) is 3.63. The molecule has 94 valence electrons. The van der Waals surface area contributed by atoms with E-state index in [-0.39, 0.29) is 0 Å². The van der Waals surface area contributed by atoms with Gasteiger partial charge in [-0.05, 0) is 35.6 Å². The van der Waals surface area contributed by atoms with Crippen LogP contribution < -0.4 is 0 Å². The fourth-order valence-electron chi connectivity index (χ4n) is 1.89. The van der Waals surface area contributed by atoms with Crippen LogP contribution in [0, 0.1) is 5.92 Å². The number of hydrogen-bond donors (Lipinski definition) is 0. The van der Waals surface area contributed by atoms with Gasteiger partial charge in [0.15, 0.2) is 0 Å². The number of allylic oxidation sites excluding steroid dienone is 5. The normalized spacial score (nSPS) is 15.1. The summed E-state index contributed by atoms with van der Waals surface area (Å²) >= 11 is 0. The highest BCUT2D eigenvalue weighted by atomic mass is 16.5. The lowest BCUT2D eigenvalue weighted by Gasteiger charge is -2.09. The predicted molar refractivity (Wildman–Crippen MR) is 76.0 cm³/mol. The molecule has 1 aromatic rings. The minimum absolute atomic E-state index is 0.542. The van der Waals surface area contributed by atoms with Crippen LogP contribution in [0.5, 0.6) is 0 Å². The van der Waals surface area contributed by atoms with Crippen molar-refractivity contribution in [2.45, 2.75) is 26.9 Å². The SMILES string of the molecule is CC(C)C1=CCC=CC(OCc2ccccc2)=C1. The Morgan fingerprint density at radius 3 is 2.67 bits per heavy atom. The van der Waals surface area contributed by atoms with Crippen molar-refractivity contribution in [3.63, 3.8) is 0 Å². The Hall–Kier alpha value is -1.76. The van der Waals surface area contributed by atoms with E-state index in [0.717, 1.165) is 12.2 Å². The van der Waals surface area contributed by atoms with Crippen molar-refractivity contribution in [3.05, 3.63) is 71.5 Å². The molecule has 0 heterocycles. The smallest absolute Gasteiger partial charge is 0.119 e. The third-order valence-electron chi connectivity index (χ3n) is 3.00. The summed E-state index contributed by atoms with van der Waals surface area (Å²) < 4.78 is 5.86. The first-order valence-corrected chi connectivity index (χ1v) is 6.50. The largest absolute Gasteiger partial charge is 0.489 e. The first-order chi connectivity index (χ1) is 8.75. The molecule has 1 heteroatoms. The average molecular weight is 240 g/mol. The summed E-state index contributed by atoms with van der Waals surface area (Å²) in [6, 6.07) is 10.3. The molecule has 0 atom stereocenters. The minimum atomic E-state index is 0.542. The van der Waals surface area contributed by atoms with Crippen LogP contribution in [0.25, 0.3) is 0 Å². The van der Waals surface area contributed by atoms with Crippen LogP contribution in [0.2, 0.25) is 0 Å². The molecular weight excluding hydrogens is 220 g/mol. The zero-order valence-electron chi connectivity index (χ0n) is 11.1. The molecule has 0 amide bonds. The summed E-state index contributed by atoms with van der Waals surface area (Å²) in [5, 5.41) is 0. The molecular formula is C17H20O. The second-order valence-corrected chi connectivity index (χ2v) is 4.82. The zero-order chi connectivity index (χ0) is 12.8. The molecule has 2 rings (SSSR count). The van der Waals surface area contributed by atoms with E-state index in [0.29, 0.717) is 12.5 Å². The summed E-state index contributed by atoms with van der Waals surface area (Å²) in [5.41, 5.74) is 2.55. The van der Waals surface area contributed by atoms with Crippen molar-refractivity contribution in [1.82, 2.24) is 0 Å². The summed E-state index contributed by atoms with van der Waals surface area (Å²) in [6.45, 7) is 5.05. The minimum Gasteiger partial charge on any atom is -0.489 e. The number of ether oxygens (including phenoxy) is 1. The van der Waals surface area contributed by atoms with Gasteiger partial charge in [-0.2, -0.15) is 0 Å². The number of rotatable bonds is 4. The lowest BCUT2D eigenvalue weighted by atomic mass is 10.0. The van der Waals surface area contributed by atoms with Gasteiger partial charge in [0, 0.05) is 0 Å². The monoisotopic (exact) mass is 240 g/mol. The highest BCUT2D eigenvalue weighted by molar-refractivity contribution is 5.31. The average Bonchev–Trinajstić information content (AvgIpc) is 2.63. The molecule has 0 saturated carbocycles. The molecule has 18 heavy (non-hydrogen) atoms. The molecule has 0 spiro atoms. The van der Waals surface area contributed by atoms with Gasteiger partial charge in [-0.15, -0.1) is 0 Å². The van der Waals surface area contributed by atoms with Crippen molar-refractivity contribution in [3.8, 4) is 0 Å². The van der Waals surface area contributed by atoms with Crippen LogP contribution in [-0.2, 0) is 11.3 Å². The molecule has 1 nitrogen and oxygen atoms in total. The molecule has 1 aromatic carbocycles. The maximum atomic E-state index is 5.86. The van der Waals surface area contributed by atoms with Gasteiger partial charge >= 0.3 is 0 Å². The van der Waals surface area contributed by atoms with E-state index >= 15 is 0 Å². The highest BCUT2D eigenvalue weighted by Crippen LogP contribution is 2.19. The van der Waals surface area contributed by atoms with Crippen molar-refractivity contribution in [1.29, 1.82) is 0 Å². The molecule has 0 fully saturated rings. The maximum absolute atomic E-state index is 5.86. The van der Waals surface area contributed by atoms with Gasteiger partial charge in [-0.25, -0.2) is 0 Å². The van der Waals surface area contributed by atoms with Crippen LogP contribution in [0.1, 0.15) is 25.8 Å². The number of benzene rings is 1. The molecule has 1 aliphatic carbocycles. The molecule has 0 saturated heterocycles. The molecule has 0 radical (unpaired) electrons. The molecule has 0 aromatic heterocycles. The fraction of sp³-hybridized carbons (Fsp3) is 0.294. The van der Waals surface area contributed by atoms with Gasteiger partial charge in [0.25, 0.3) is 0 Å². The lowest BCUT2D eigenvalue weighted by molar-refractivity contribution is 0.211. The van der Waals surface area contributed by atoms with Gasteiger partial charge in [0.2, 0.25) is 0 Å². The Kier molecular flexibility index (Phi) is 4.40. The van der Waals surface area contributed by atoms with E-state index in [1.165, 1.54) is 11.1 Å². The van der Waals surface area contributed by atoms with E-state index in [2.05, 4.69) is 50.3 Å². The predicted octanol–water partition coefficient (Wildman–Crippen LogP) is 4.63. The van der Waals surface area contributed by atoms with Gasteiger partial charge in [0.05, 0.1) is 0 Å². The van der Waals surface area contributed by atoms with Crippen LogP contribution in [0.3, 0.4) is 0 Å². The Labute approximate surface area is 109 Å². The topological polar surface area (TPSA) is 9.23 Å². The third-order valence-corrected chi connectivity index (χ3v) is 3.00. The molecule has 0 N–H and O–H groups in total. The van der Waals surface area contributed by atoms with E-state index < -0.39 is 0 Å². The molecule has 0 aliphatic heterocycles. The molecule has 0 bridgehead atoms. The Bertz CT molecular complexity index is 464. The van der Waals surface area contributed by atoms with E-state index in [1.807, 2.05) is 18.2 Å². The maximum Gasteiger partial charge on any atom is 0.119 e. The Morgan fingerprint density at radius 1 is 1.17 bits per heavy atom. The van der Waals surface area contributed by atoms with Crippen molar-refractivity contribution in [2.75, 3.05) is 0 Å². The van der Waals surface area contributed by atoms with Crippen LogP contribution >= 0.6 is 0 Å². The first-order valence-electron chi connectivity index (χ1n) is 6.50. The zero-order valence-corrected chi connectivity index (χ0v) is 11.1. The van der Waals surface area contributed by atoms with Gasteiger partial charge < -0.3 is 4.74 Å². The summed E-state index contributed by atoms with van der Waals surface area (Å²) in [5.74, 6) is 1.50. The van der Waals surface area contributed by atoms with Gasteiger partial charge in [0.1, 0.15) is 12.4 Å². The summed E-state index contributed by atoms with van der Waals surface area (Å²) in [7, 11) is 0. The lowest BCUT2D eigenvalue weighted by Crippen LogP contribution is -1.95. The summed E-state index contributed by atoms with van der Waals surface area (Å²) in [6.07, 6.45) is 9.61. The van der Waals surface area contributed by atoms with E-state index in [9.17, 15) is 0 Å². The Balaban J connectivity index is 2.02. The van der Waals surface area contributed by atoms with Crippen molar-refractivity contribution in [2.24, 2.45) is 5.92 Å². The van der Waals surface area contributed by atoms with E-state index in [4.69, 9.17) is 4.74 Å². The fourth-order valence-corrected chi connectivity index (χ4v) is 1.89. The second kappa shape index (κ2) is 6.25. The van der Waals surface area contributed by atoms with Gasteiger partial charge in [-0.1, -0.05) is 56.3 Å². The van der Waals surface area contributed by atoms with Crippen LogP contribution in [0.15, 0.2) is 66.0 Å². The second-order valence-electron chi connectivity index (χ2n) is 4.82. The molecule has 1 aliphatic rings. The quantitative estimate of drug-likeness (QED) is 0.745. The van der Waals surface area contributed by atoms with Crippen molar-refractivity contribution < 1.29 is 4.74 Å².